The number of nitrogens with one attached hydrogen (secondary N) is 1. The van der Waals surface area contributed by atoms with Crippen LogP contribution in [0.3, 0.4) is 0 Å². The molecule has 3 heteroatoms. The zero-order chi connectivity index (χ0) is 4.12. The molecule has 0 aromatic rings. The van der Waals surface area contributed by atoms with Gasteiger partial charge < -0.3 is 12.2 Å². The predicted octanol–water partition coefficient (Wildman–Crippen LogP) is 0.587. The Morgan fingerprint density at radius 2 is 1.86 bits per heavy atom. The molecular formula is C4H9NWY-2. The Balaban J connectivity index is -0.0000000800. The van der Waals surface area contributed by atoms with E-state index < -0.39 is 0 Å². The van der Waals surface area contributed by atoms with E-state index in [1.165, 1.54) is 0 Å². The Labute approximate surface area is 85.2 Å². The van der Waals surface area contributed by atoms with Gasteiger partial charge in [-0.2, -0.15) is 6.42 Å². The van der Waals surface area contributed by atoms with Crippen LogP contribution in [-0.2, 0) is 53.8 Å². The maximum absolute atomic E-state index is 3.57. The van der Waals surface area contributed by atoms with Gasteiger partial charge in [0, 0.05) is 53.8 Å². The zero-order valence-electron chi connectivity index (χ0n) is 4.31. The van der Waals surface area contributed by atoms with Crippen molar-refractivity contribution in [2.24, 2.45) is 0 Å². The van der Waals surface area contributed by atoms with Crippen molar-refractivity contribution in [1.29, 1.82) is 0 Å². The first-order valence-corrected chi connectivity index (χ1v) is 1.71. The Morgan fingerprint density at radius 3 is 1.86 bits per heavy atom. The summed E-state index contributed by atoms with van der Waals surface area (Å²) in [6.07, 6.45) is 0.920. The molecule has 0 aliphatic rings. The van der Waals surface area contributed by atoms with Crippen LogP contribution in [0.1, 0.15) is 6.42 Å². The molecule has 0 aliphatic carbocycles. The minimum absolute atomic E-state index is 0. The van der Waals surface area contributed by atoms with Crippen molar-refractivity contribution in [3.63, 3.8) is 0 Å². The largest absolute Gasteiger partial charge is 0.475 e. The van der Waals surface area contributed by atoms with E-state index in [1.807, 2.05) is 0 Å². The van der Waals surface area contributed by atoms with Crippen LogP contribution >= 0.6 is 0 Å². The standard InChI is InChI=1S/C4H9N.W.Y/c1-3-4-5-2;;/h5H,1-4H2;;/q-2;;. The van der Waals surface area contributed by atoms with Gasteiger partial charge in [-0.25, -0.2) is 0 Å². The van der Waals surface area contributed by atoms with Crippen molar-refractivity contribution in [2.75, 3.05) is 6.54 Å². The smallest absolute Gasteiger partial charge is 0 e. The molecule has 0 aromatic heterocycles. The first kappa shape index (κ1) is 15.9. The van der Waals surface area contributed by atoms with E-state index in [0.717, 1.165) is 13.0 Å². The Hall–Kier alpha value is 1.75. The molecule has 0 aromatic carbocycles. The van der Waals surface area contributed by atoms with Crippen LogP contribution in [0.25, 0.3) is 0 Å². The summed E-state index contributed by atoms with van der Waals surface area (Å²) in [4.78, 5) is 0. The summed E-state index contributed by atoms with van der Waals surface area (Å²) in [5.41, 5.74) is 0. The van der Waals surface area contributed by atoms with Crippen molar-refractivity contribution in [2.45, 2.75) is 6.42 Å². The second-order valence-corrected chi connectivity index (χ2v) is 0.854. The minimum Gasteiger partial charge on any atom is -0.475 e. The van der Waals surface area contributed by atoms with E-state index in [4.69, 9.17) is 0 Å². The Bertz CT molecular complexity index is 19.2. The maximum Gasteiger partial charge on any atom is 0 e. The average Bonchev–Trinajstić information content (AvgIpc) is 1.41. The first-order chi connectivity index (χ1) is 2.41. The van der Waals surface area contributed by atoms with Gasteiger partial charge in [0.1, 0.15) is 0 Å². The van der Waals surface area contributed by atoms with Gasteiger partial charge in [0.05, 0.1) is 0 Å². The van der Waals surface area contributed by atoms with Crippen LogP contribution in [0.15, 0.2) is 0 Å². The van der Waals surface area contributed by atoms with E-state index in [9.17, 15) is 0 Å². The van der Waals surface area contributed by atoms with Crippen molar-refractivity contribution >= 4 is 0 Å². The molecule has 0 spiro atoms. The molecule has 0 saturated heterocycles. The van der Waals surface area contributed by atoms with Gasteiger partial charge in [-0.15, -0.1) is 0 Å². The molecule has 0 aliphatic heterocycles. The van der Waals surface area contributed by atoms with E-state index in [2.05, 4.69) is 19.3 Å². The van der Waals surface area contributed by atoms with E-state index in [0.29, 0.717) is 0 Å². The zero-order valence-corrected chi connectivity index (χ0v) is 10.1. The SMILES string of the molecule is [CH2-]CCN[CH2-].[W].[Y]. The molecule has 0 unspecified atom stereocenters. The van der Waals surface area contributed by atoms with Crippen LogP contribution in [-0.4, -0.2) is 6.54 Å². The van der Waals surface area contributed by atoms with Gasteiger partial charge in [0.25, 0.3) is 0 Å². The topological polar surface area (TPSA) is 12.0 Å². The van der Waals surface area contributed by atoms with Gasteiger partial charge in [-0.05, 0) is 0 Å². The van der Waals surface area contributed by atoms with E-state index in [-0.39, 0.29) is 53.8 Å². The van der Waals surface area contributed by atoms with E-state index in [1.54, 1.807) is 0 Å². The Kier molecular flexibility index (Phi) is 35.5. The molecule has 0 amide bonds. The minimum atomic E-state index is 0. The van der Waals surface area contributed by atoms with Gasteiger partial charge in [-0.3, -0.25) is 7.05 Å². The quantitative estimate of drug-likeness (QED) is 0.724. The molecule has 0 heterocycles. The van der Waals surface area contributed by atoms with Crippen molar-refractivity contribution < 1.29 is 53.8 Å². The van der Waals surface area contributed by atoms with Gasteiger partial charge in [-0.1, -0.05) is 6.54 Å². The molecule has 1 N–H and O–H groups in total. The molecule has 1 nitrogen and oxygen atoms in total. The number of hydrogen-bond acceptors (Lipinski definition) is 1. The third kappa shape index (κ3) is 18.2. The van der Waals surface area contributed by atoms with Crippen molar-refractivity contribution in [3.05, 3.63) is 14.0 Å². The molecule has 0 saturated carbocycles. The summed E-state index contributed by atoms with van der Waals surface area (Å²) >= 11 is 0. The normalized spacial score (nSPS) is 6.00. The second kappa shape index (κ2) is 15.7. The second-order valence-electron chi connectivity index (χ2n) is 0.854. The average molecular weight is 344 g/mol. The van der Waals surface area contributed by atoms with Crippen LogP contribution < -0.4 is 5.32 Å². The van der Waals surface area contributed by atoms with Crippen molar-refractivity contribution in [3.8, 4) is 0 Å². The molecule has 1 radical (unpaired) electrons. The number of hydrogen-bond donors (Lipinski definition) is 1. The van der Waals surface area contributed by atoms with Gasteiger partial charge in [0.15, 0.2) is 0 Å². The maximum atomic E-state index is 3.57. The monoisotopic (exact) mass is 344 g/mol. The van der Waals surface area contributed by atoms with Gasteiger partial charge >= 0.3 is 0 Å². The summed E-state index contributed by atoms with van der Waals surface area (Å²) in [7, 11) is 3.39. The summed E-state index contributed by atoms with van der Waals surface area (Å²) in [6.45, 7) is 4.49. The summed E-state index contributed by atoms with van der Waals surface area (Å²) in [5.74, 6) is 0. The molecule has 41 valence electrons. The first-order valence-electron chi connectivity index (χ1n) is 1.71. The van der Waals surface area contributed by atoms with Crippen LogP contribution in [0.4, 0.5) is 0 Å². The van der Waals surface area contributed by atoms with E-state index >= 15 is 0 Å². The molecule has 0 rings (SSSR count). The summed E-state index contributed by atoms with van der Waals surface area (Å²) < 4.78 is 0. The predicted molar refractivity (Wildman–Crippen MR) is 23.3 cm³/mol. The molecule has 0 fully saturated rings. The fourth-order valence-corrected chi connectivity index (χ4v) is 0.125. The molecule has 7 heavy (non-hydrogen) atoms. The number of rotatable bonds is 2. The summed E-state index contributed by atoms with van der Waals surface area (Å²) in [6, 6.07) is 0. The fourth-order valence-electron chi connectivity index (χ4n) is 0.125. The third-order valence-corrected chi connectivity index (χ3v) is 0.354. The third-order valence-electron chi connectivity index (χ3n) is 0.354. The van der Waals surface area contributed by atoms with Gasteiger partial charge in [0.2, 0.25) is 0 Å². The molecule has 0 atom stereocenters. The molecular weight excluding hydrogens is 335 g/mol. The fraction of sp³-hybridized carbons (Fsp3) is 0.500. The van der Waals surface area contributed by atoms with Crippen LogP contribution in [0.5, 0.6) is 0 Å². The summed E-state index contributed by atoms with van der Waals surface area (Å²) in [5, 5.41) is 2.70. The van der Waals surface area contributed by atoms with Crippen molar-refractivity contribution in [1.82, 2.24) is 5.32 Å². The Morgan fingerprint density at radius 1 is 1.43 bits per heavy atom. The van der Waals surface area contributed by atoms with Crippen LogP contribution in [0, 0.1) is 14.0 Å². The van der Waals surface area contributed by atoms with Crippen LogP contribution in [0.2, 0.25) is 0 Å². The molecule has 0 bridgehead atoms.